The average Bonchev–Trinajstić information content (AvgIpc) is 3.58. The topological polar surface area (TPSA) is 107 Å². The van der Waals surface area contributed by atoms with E-state index < -0.39 is 11.8 Å². The molecule has 2 aromatic carbocycles. The van der Waals surface area contributed by atoms with E-state index in [1.165, 1.54) is 0 Å². The summed E-state index contributed by atoms with van der Waals surface area (Å²) in [6, 6.07) is 7.38. The summed E-state index contributed by atoms with van der Waals surface area (Å²) < 4.78 is 24.2. The largest absolute Gasteiger partial charge is 0.493 e. The molecule has 2 N–H and O–H groups in total. The average molecular weight is 533 g/mol. The van der Waals surface area contributed by atoms with Gasteiger partial charge < -0.3 is 33.4 Å². The van der Waals surface area contributed by atoms with Crippen molar-refractivity contribution < 1.29 is 28.5 Å². The Morgan fingerprint density at radius 3 is 1.95 bits per heavy atom. The van der Waals surface area contributed by atoms with Crippen molar-refractivity contribution in [2.75, 3.05) is 49.1 Å². The number of imide groups is 1. The minimum absolute atomic E-state index is 0.292. The van der Waals surface area contributed by atoms with Crippen molar-refractivity contribution >= 4 is 44.8 Å². The summed E-state index contributed by atoms with van der Waals surface area (Å²) in [5.74, 6) is 1.29. The molecule has 3 heterocycles. The highest BCUT2D eigenvalue weighted by Crippen LogP contribution is 2.43. The molecule has 0 fully saturated rings. The van der Waals surface area contributed by atoms with Crippen molar-refractivity contribution in [2.45, 2.75) is 13.0 Å². The number of benzene rings is 2. The first-order valence-corrected chi connectivity index (χ1v) is 12.5. The second-order valence-corrected chi connectivity index (χ2v) is 9.61. The first-order chi connectivity index (χ1) is 18.8. The number of fused-ring (bicyclic) bond motifs is 2. The summed E-state index contributed by atoms with van der Waals surface area (Å²) in [7, 11) is 10.3. The molecule has 10 nitrogen and oxygen atoms in total. The number of aromatic amines is 1. The summed E-state index contributed by atoms with van der Waals surface area (Å²) >= 11 is 0. The number of amides is 2. The zero-order valence-electron chi connectivity index (χ0n) is 22.9. The van der Waals surface area contributed by atoms with Crippen molar-refractivity contribution in [3.05, 3.63) is 47.8 Å². The second-order valence-electron chi connectivity index (χ2n) is 9.61. The number of rotatable bonds is 10. The van der Waals surface area contributed by atoms with Crippen LogP contribution in [0.25, 0.3) is 33.0 Å². The van der Waals surface area contributed by atoms with Crippen molar-refractivity contribution in [2.24, 2.45) is 0 Å². The number of hydrogen-bond donors (Lipinski definition) is 2. The summed E-state index contributed by atoms with van der Waals surface area (Å²) in [5.41, 5.74) is 3.46. The van der Waals surface area contributed by atoms with Crippen LogP contribution in [0.2, 0.25) is 0 Å². The van der Waals surface area contributed by atoms with Crippen molar-refractivity contribution in [1.82, 2.24) is 19.8 Å². The van der Waals surface area contributed by atoms with Crippen LogP contribution in [0.15, 0.2) is 36.7 Å². The first kappa shape index (κ1) is 26.2. The number of nitrogens with zero attached hydrogens (tertiary/aromatic N) is 2. The van der Waals surface area contributed by atoms with Gasteiger partial charge in [0.2, 0.25) is 0 Å². The van der Waals surface area contributed by atoms with E-state index in [0.717, 1.165) is 34.8 Å². The van der Waals surface area contributed by atoms with E-state index in [4.69, 9.17) is 18.9 Å². The Labute approximate surface area is 226 Å². The van der Waals surface area contributed by atoms with E-state index in [2.05, 4.69) is 19.8 Å². The van der Waals surface area contributed by atoms with Gasteiger partial charge in [-0.25, -0.2) is 0 Å². The van der Waals surface area contributed by atoms with Crippen LogP contribution in [0.3, 0.4) is 0 Å². The van der Waals surface area contributed by atoms with Crippen LogP contribution in [0.1, 0.15) is 17.5 Å². The predicted octanol–water partition coefficient (Wildman–Crippen LogP) is 3.68. The molecule has 10 heteroatoms. The van der Waals surface area contributed by atoms with E-state index in [9.17, 15) is 9.59 Å². The number of H-pyrrole nitrogens is 1. The first-order valence-electron chi connectivity index (χ1n) is 12.5. The van der Waals surface area contributed by atoms with Gasteiger partial charge in [-0.05, 0) is 39.2 Å². The molecular formula is C29H32N4O6. The van der Waals surface area contributed by atoms with E-state index in [-0.39, 0.29) is 0 Å². The van der Waals surface area contributed by atoms with Crippen molar-refractivity contribution in [1.29, 1.82) is 0 Å². The minimum Gasteiger partial charge on any atom is -0.493 e. The predicted molar refractivity (Wildman–Crippen MR) is 150 cm³/mol. The van der Waals surface area contributed by atoms with Crippen LogP contribution in [0.5, 0.6) is 23.0 Å². The monoisotopic (exact) mass is 532 g/mol. The van der Waals surface area contributed by atoms with Gasteiger partial charge in [-0.15, -0.1) is 0 Å². The number of methoxy groups -OCH3 is 4. The van der Waals surface area contributed by atoms with Gasteiger partial charge in [-0.2, -0.15) is 0 Å². The standard InChI is InChI=1S/C29H32N4O6/c1-32(2)8-7-9-33-15-19(17-11-23(37-4)25(39-6)13-21(17)33)27-26(28(34)31-29(27)35)18-14-30-20-12-24(38-5)22(36-3)10-16(18)20/h10-15,30H,7-9H2,1-6H3,(H,31,34,35). The van der Waals surface area contributed by atoms with Crippen LogP contribution >= 0.6 is 0 Å². The molecule has 2 amide bonds. The molecule has 0 aliphatic carbocycles. The van der Waals surface area contributed by atoms with E-state index in [0.29, 0.717) is 51.8 Å². The van der Waals surface area contributed by atoms with E-state index >= 15 is 0 Å². The van der Waals surface area contributed by atoms with Crippen LogP contribution in [0.4, 0.5) is 0 Å². The molecule has 1 aliphatic heterocycles. The molecule has 0 bridgehead atoms. The van der Waals surface area contributed by atoms with E-state index in [1.807, 2.05) is 32.4 Å². The van der Waals surface area contributed by atoms with Gasteiger partial charge in [-0.3, -0.25) is 14.9 Å². The molecule has 0 saturated carbocycles. The van der Waals surface area contributed by atoms with Gasteiger partial charge in [0.25, 0.3) is 11.8 Å². The lowest BCUT2D eigenvalue weighted by Crippen LogP contribution is -2.22. The van der Waals surface area contributed by atoms with Crippen LogP contribution in [-0.2, 0) is 16.1 Å². The quantitative estimate of drug-likeness (QED) is 0.300. The highest BCUT2D eigenvalue weighted by Gasteiger charge is 2.35. The minimum atomic E-state index is -0.459. The summed E-state index contributed by atoms with van der Waals surface area (Å²) in [6.45, 7) is 1.61. The van der Waals surface area contributed by atoms with Gasteiger partial charge in [0.1, 0.15) is 0 Å². The van der Waals surface area contributed by atoms with Crippen LogP contribution in [-0.4, -0.2) is 75.3 Å². The maximum atomic E-state index is 13.4. The molecule has 0 spiro atoms. The third-order valence-corrected chi connectivity index (χ3v) is 7.05. The third-order valence-electron chi connectivity index (χ3n) is 7.05. The van der Waals surface area contributed by atoms with E-state index in [1.54, 1.807) is 46.8 Å². The number of nitrogens with one attached hydrogen (secondary N) is 2. The zero-order chi connectivity index (χ0) is 27.8. The number of aromatic nitrogens is 2. The number of ether oxygens (including phenoxy) is 4. The molecule has 0 atom stereocenters. The molecule has 1 aliphatic rings. The van der Waals surface area contributed by atoms with Gasteiger partial charge in [0.05, 0.1) is 45.1 Å². The Balaban J connectivity index is 1.76. The molecular weight excluding hydrogens is 500 g/mol. The number of aryl methyl sites for hydroxylation is 1. The van der Waals surface area contributed by atoms with Gasteiger partial charge in [0.15, 0.2) is 23.0 Å². The maximum absolute atomic E-state index is 13.4. The molecule has 0 saturated heterocycles. The Morgan fingerprint density at radius 2 is 1.33 bits per heavy atom. The lowest BCUT2D eigenvalue weighted by Gasteiger charge is -2.12. The smallest absolute Gasteiger partial charge is 0.259 e. The molecule has 204 valence electrons. The fourth-order valence-electron chi connectivity index (χ4n) is 5.18. The Bertz CT molecular complexity index is 1630. The number of hydrogen-bond acceptors (Lipinski definition) is 7. The molecule has 0 radical (unpaired) electrons. The Morgan fingerprint density at radius 1 is 0.769 bits per heavy atom. The second kappa shape index (κ2) is 10.4. The van der Waals surface area contributed by atoms with Crippen LogP contribution in [0, 0.1) is 0 Å². The van der Waals surface area contributed by atoms with Gasteiger partial charge in [0, 0.05) is 58.5 Å². The maximum Gasteiger partial charge on any atom is 0.259 e. The normalized spacial score (nSPS) is 13.6. The molecule has 5 rings (SSSR count). The molecule has 2 aromatic heterocycles. The van der Waals surface area contributed by atoms with Gasteiger partial charge >= 0.3 is 0 Å². The lowest BCUT2D eigenvalue weighted by molar-refractivity contribution is -0.122. The summed E-state index contributed by atoms with van der Waals surface area (Å²) in [5, 5.41) is 4.03. The SMILES string of the molecule is COc1cc2[nH]cc(C3=C(c4cn(CCCN(C)C)c5cc(OC)c(OC)cc45)C(=O)NC3=O)c2cc1OC. The summed E-state index contributed by atoms with van der Waals surface area (Å²) in [6.07, 6.45) is 4.56. The Hall–Kier alpha value is -4.44. The number of carbonyl (C=O) groups is 2. The fraction of sp³-hybridized carbons (Fsp3) is 0.310. The summed E-state index contributed by atoms with van der Waals surface area (Å²) in [4.78, 5) is 32.0. The van der Waals surface area contributed by atoms with Gasteiger partial charge in [-0.1, -0.05) is 0 Å². The fourth-order valence-corrected chi connectivity index (χ4v) is 5.18. The third kappa shape index (κ3) is 4.46. The number of carbonyl (C=O) groups excluding carboxylic acids is 2. The lowest BCUT2D eigenvalue weighted by atomic mass is 9.95. The zero-order valence-corrected chi connectivity index (χ0v) is 22.9. The van der Waals surface area contributed by atoms with Crippen molar-refractivity contribution in [3.63, 3.8) is 0 Å². The molecule has 4 aromatic rings. The highest BCUT2D eigenvalue weighted by molar-refractivity contribution is 6.50. The molecule has 0 unspecified atom stereocenters. The molecule has 39 heavy (non-hydrogen) atoms. The van der Waals surface area contributed by atoms with Crippen molar-refractivity contribution in [3.8, 4) is 23.0 Å². The van der Waals surface area contributed by atoms with Crippen LogP contribution < -0.4 is 24.3 Å². The Kier molecular flexibility index (Phi) is 6.96. The highest BCUT2D eigenvalue weighted by atomic mass is 16.5.